The third-order valence-electron chi connectivity index (χ3n) is 4.63. The fourth-order valence-corrected chi connectivity index (χ4v) is 3.38. The maximum Gasteiger partial charge on any atom is 0.0424 e. The SMILES string of the molecule is CCCc1ccc(C(N)CN(CC)C2CCCC2)cc1. The number of likely N-dealkylation sites (N-methyl/N-ethyl adjacent to an activating group) is 1. The molecule has 2 nitrogen and oxygen atoms in total. The first kappa shape index (κ1) is 15.5. The van der Waals surface area contributed by atoms with Gasteiger partial charge >= 0.3 is 0 Å². The number of hydrogen-bond donors (Lipinski definition) is 1. The molecule has 2 heteroatoms. The molecule has 2 rings (SSSR count). The molecule has 0 bridgehead atoms. The van der Waals surface area contributed by atoms with Crippen LogP contribution in [-0.2, 0) is 6.42 Å². The summed E-state index contributed by atoms with van der Waals surface area (Å²) in [7, 11) is 0. The van der Waals surface area contributed by atoms with E-state index in [0.717, 1.165) is 19.1 Å². The predicted octanol–water partition coefficient (Wildman–Crippen LogP) is 3.90. The zero-order chi connectivity index (χ0) is 14.4. The van der Waals surface area contributed by atoms with Gasteiger partial charge in [-0.25, -0.2) is 0 Å². The van der Waals surface area contributed by atoms with Crippen molar-refractivity contribution in [3.8, 4) is 0 Å². The molecule has 1 aliphatic carbocycles. The first-order valence-corrected chi connectivity index (χ1v) is 8.33. The number of nitrogens with zero attached hydrogens (tertiary/aromatic N) is 1. The molecule has 112 valence electrons. The molecular formula is C18H30N2. The Hall–Kier alpha value is -0.860. The van der Waals surface area contributed by atoms with Gasteiger partial charge in [-0.2, -0.15) is 0 Å². The van der Waals surface area contributed by atoms with Gasteiger partial charge < -0.3 is 5.73 Å². The van der Waals surface area contributed by atoms with Crippen molar-refractivity contribution >= 4 is 0 Å². The van der Waals surface area contributed by atoms with Crippen LogP contribution in [0.4, 0.5) is 0 Å². The van der Waals surface area contributed by atoms with Gasteiger partial charge in [0.2, 0.25) is 0 Å². The maximum absolute atomic E-state index is 6.42. The third kappa shape index (κ3) is 4.07. The first-order chi connectivity index (χ1) is 9.74. The number of rotatable bonds is 7. The van der Waals surface area contributed by atoms with E-state index >= 15 is 0 Å². The van der Waals surface area contributed by atoms with Crippen molar-refractivity contribution in [1.29, 1.82) is 0 Å². The first-order valence-electron chi connectivity index (χ1n) is 8.33. The Morgan fingerprint density at radius 3 is 2.35 bits per heavy atom. The van der Waals surface area contributed by atoms with Crippen LogP contribution in [0.2, 0.25) is 0 Å². The summed E-state index contributed by atoms with van der Waals surface area (Å²) < 4.78 is 0. The molecule has 1 saturated carbocycles. The van der Waals surface area contributed by atoms with Crippen LogP contribution in [0.15, 0.2) is 24.3 Å². The molecule has 0 heterocycles. The van der Waals surface area contributed by atoms with E-state index < -0.39 is 0 Å². The largest absolute Gasteiger partial charge is 0.323 e. The number of benzene rings is 1. The summed E-state index contributed by atoms with van der Waals surface area (Å²) in [5.74, 6) is 0. The van der Waals surface area contributed by atoms with E-state index in [1.54, 1.807) is 0 Å². The second-order valence-electron chi connectivity index (χ2n) is 6.12. The molecule has 0 spiro atoms. The highest BCUT2D eigenvalue weighted by Gasteiger charge is 2.23. The van der Waals surface area contributed by atoms with Crippen molar-refractivity contribution in [2.45, 2.75) is 64.5 Å². The van der Waals surface area contributed by atoms with Crippen LogP contribution in [0.3, 0.4) is 0 Å². The molecule has 1 unspecified atom stereocenters. The van der Waals surface area contributed by atoms with Gasteiger partial charge in [-0.15, -0.1) is 0 Å². The van der Waals surface area contributed by atoms with Crippen molar-refractivity contribution < 1.29 is 0 Å². The van der Waals surface area contributed by atoms with Gasteiger partial charge in [-0.1, -0.05) is 57.4 Å². The molecule has 20 heavy (non-hydrogen) atoms. The molecule has 0 amide bonds. The second-order valence-corrected chi connectivity index (χ2v) is 6.12. The van der Waals surface area contributed by atoms with Crippen LogP contribution >= 0.6 is 0 Å². The van der Waals surface area contributed by atoms with Crippen LogP contribution in [0.5, 0.6) is 0 Å². The second kappa shape index (κ2) is 7.80. The topological polar surface area (TPSA) is 29.3 Å². The summed E-state index contributed by atoms with van der Waals surface area (Å²) in [6, 6.07) is 9.84. The maximum atomic E-state index is 6.42. The lowest BCUT2D eigenvalue weighted by atomic mass is 10.0. The van der Waals surface area contributed by atoms with Crippen molar-refractivity contribution in [2.75, 3.05) is 13.1 Å². The molecule has 0 radical (unpaired) electrons. The Balaban J connectivity index is 1.93. The van der Waals surface area contributed by atoms with Gasteiger partial charge in [0.05, 0.1) is 0 Å². The van der Waals surface area contributed by atoms with Crippen molar-refractivity contribution in [2.24, 2.45) is 5.73 Å². The number of hydrogen-bond acceptors (Lipinski definition) is 2. The van der Waals surface area contributed by atoms with E-state index in [1.165, 1.54) is 49.7 Å². The van der Waals surface area contributed by atoms with Crippen LogP contribution in [0, 0.1) is 0 Å². The molecule has 0 aromatic heterocycles. The van der Waals surface area contributed by atoms with E-state index in [-0.39, 0.29) is 6.04 Å². The zero-order valence-electron chi connectivity index (χ0n) is 13.1. The van der Waals surface area contributed by atoms with Crippen molar-refractivity contribution in [1.82, 2.24) is 4.90 Å². The van der Waals surface area contributed by atoms with E-state index in [4.69, 9.17) is 5.73 Å². The van der Waals surface area contributed by atoms with E-state index in [2.05, 4.69) is 43.0 Å². The molecule has 0 saturated heterocycles. The van der Waals surface area contributed by atoms with Gasteiger partial charge in [0.15, 0.2) is 0 Å². The molecule has 0 aliphatic heterocycles. The lowest BCUT2D eigenvalue weighted by Gasteiger charge is -2.30. The Kier molecular flexibility index (Phi) is 6.06. The van der Waals surface area contributed by atoms with E-state index in [1.807, 2.05) is 0 Å². The van der Waals surface area contributed by atoms with E-state index in [0.29, 0.717) is 0 Å². The normalized spacial score (nSPS) is 17.8. The predicted molar refractivity (Wildman–Crippen MR) is 86.9 cm³/mol. The summed E-state index contributed by atoms with van der Waals surface area (Å²) >= 11 is 0. The third-order valence-corrected chi connectivity index (χ3v) is 4.63. The van der Waals surface area contributed by atoms with E-state index in [9.17, 15) is 0 Å². The summed E-state index contributed by atoms with van der Waals surface area (Å²) in [6.07, 6.45) is 7.87. The van der Waals surface area contributed by atoms with Crippen LogP contribution in [0.1, 0.15) is 63.1 Å². The minimum absolute atomic E-state index is 0.145. The summed E-state index contributed by atoms with van der Waals surface area (Å²) in [6.45, 7) is 6.59. The van der Waals surface area contributed by atoms with Gasteiger partial charge in [0.1, 0.15) is 0 Å². The van der Waals surface area contributed by atoms with Gasteiger partial charge in [-0.05, 0) is 36.9 Å². The summed E-state index contributed by atoms with van der Waals surface area (Å²) in [5.41, 5.74) is 9.12. The highest BCUT2D eigenvalue weighted by Crippen LogP contribution is 2.25. The average Bonchev–Trinajstić information content (AvgIpc) is 2.99. The van der Waals surface area contributed by atoms with Gasteiger partial charge in [-0.3, -0.25) is 4.90 Å². The number of aryl methyl sites for hydroxylation is 1. The van der Waals surface area contributed by atoms with Crippen LogP contribution in [-0.4, -0.2) is 24.0 Å². The molecule has 1 atom stereocenters. The Morgan fingerprint density at radius 2 is 1.80 bits per heavy atom. The number of nitrogens with two attached hydrogens (primary N) is 1. The Bertz CT molecular complexity index is 379. The fourth-order valence-electron chi connectivity index (χ4n) is 3.38. The van der Waals surface area contributed by atoms with Crippen molar-refractivity contribution in [3.05, 3.63) is 35.4 Å². The van der Waals surface area contributed by atoms with Crippen LogP contribution < -0.4 is 5.73 Å². The molecule has 1 aromatic rings. The summed E-state index contributed by atoms with van der Waals surface area (Å²) in [4.78, 5) is 2.58. The average molecular weight is 274 g/mol. The Labute approximate surface area is 124 Å². The zero-order valence-corrected chi connectivity index (χ0v) is 13.1. The minimum atomic E-state index is 0.145. The monoisotopic (exact) mass is 274 g/mol. The lowest BCUT2D eigenvalue weighted by Crippen LogP contribution is -2.38. The Morgan fingerprint density at radius 1 is 1.15 bits per heavy atom. The quantitative estimate of drug-likeness (QED) is 0.817. The standard InChI is InChI=1S/C18H30N2/c1-3-7-15-10-12-16(13-11-15)18(19)14-20(4-2)17-8-5-6-9-17/h10-13,17-18H,3-9,14,19H2,1-2H3. The highest BCUT2D eigenvalue weighted by molar-refractivity contribution is 5.25. The van der Waals surface area contributed by atoms with Gasteiger partial charge in [0.25, 0.3) is 0 Å². The lowest BCUT2D eigenvalue weighted by molar-refractivity contribution is 0.197. The van der Waals surface area contributed by atoms with Crippen molar-refractivity contribution in [3.63, 3.8) is 0 Å². The molecule has 1 aromatic carbocycles. The van der Waals surface area contributed by atoms with Gasteiger partial charge in [0, 0.05) is 18.6 Å². The molecular weight excluding hydrogens is 244 g/mol. The fraction of sp³-hybridized carbons (Fsp3) is 0.667. The molecule has 1 aliphatic rings. The minimum Gasteiger partial charge on any atom is -0.323 e. The highest BCUT2D eigenvalue weighted by atomic mass is 15.2. The summed E-state index contributed by atoms with van der Waals surface area (Å²) in [5, 5.41) is 0. The molecule has 1 fully saturated rings. The molecule has 2 N–H and O–H groups in total. The van der Waals surface area contributed by atoms with Crippen LogP contribution in [0.25, 0.3) is 0 Å². The smallest absolute Gasteiger partial charge is 0.0424 e.